The first-order chi connectivity index (χ1) is 14.7. The molecule has 2 aromatic rings. The number of benzene rings is 1. The molecule has 0 saturated heterocycles. The number of halogens is 1. The van der Waals surface area contributed by atoms with Gasteiger partial charge in [-0.15, -0.1) is 34.2 Å². The summed E-state index contributed by atoms with van der Waals surface area (Å²) in [6.45, 7) is 3.08. The Labute approximate surface area is 208 Å². The van der Waals surface area contributed by atoms with Crippen molar-refractivity contribution < 1.29 is 0 Å². The third-order valence-corrected chi connectivity index (χ3v) is 6.44. The van der Waals surface area contributed by atoms with Gasteiger partial charge in [0.2, 0.25) is 0 Å². The molecule has 1 fully saturated rings. The Hall–Kier alpha value is -1.29. The molecule has 2 N–H and O–H groups in total. The number of hydrogen-bond acceptors (Lipinski definition) is 4. The Morgan fingerprint density at radius 3 is 2.61 bits per heavy atom. The average molecular weight is 557 g/mol. The summed E-state index contributed by atoms with van der Waals surface area (Å²) in [5.74, 6) is 2.00. The van der Waals surface area contributed by atoms with Gasteiger partial charge in [-0.2, -0.15) is 0 Å². The first-order valence-electron chi connectivity index (χ1n) is 11.2. The lowest BCUT2D eigenvalue weighted by Gasteiger charge is -2.18. The first-order valence-corrected chi connectivity index (χ1v) is 12.4. The zero-order valence-corrected chi connectivity index (χ0v) is 22.2. The number of guanidine groups is 1. The van der Waals surface area contributed by atoms with Crippen LogP contribution >= 0.6 is 35.7 Å². The monoisotopic (exact) mass is 556 g/mol. The topological polar surface area (TPSA) is 67.1 Å². The van der Waals surface area contributed by atoms with Gasteiger partial charge in [0.25, 0.3) is 0 Å². The summed E-state index contributed by atoms with van der Waals surface area (Å²) in [5.41, 5.74) is 1.38. The summed E-state index contributed by atoms with van der Waals surface area (Å²) in [4.78, 5) is 4.38. The van der Waals surface area contributed by atoms with Crippen molar-refractivity contribution in [2.24, 2.45) is 4.99 Å². The SMILES string of the molecule is CN=C(NCCCc1nnc(SC)n1C1CCCC1)NC(C)CCc1ccccc1.I. The smallest absolute Gasteiger partial charge is 0.191 e. The molecule has 31 heavy (non-hydrogen) atoms. The van der Waals surface area contributed by atoms with Crippen LogP contribution in [0.2, 0.25) is 0 Å². The van der Waals surface area contributed by atoms with Gasteiger partial charge in [-0.1, -0.05) is 54.9 Å². The molecule has 0 amide bonds. The predicted octanol–water partition coefficient (Wildman–Crippen LogP) is 4.85. The second-order valence-corrected chi connectivity index (χ2v) is 8.86. The molecule has 3 rings (SSSR count). The molecule has 8 heteroatoms. The Morgan fingerprint density at radius 1 is 1.19 bits per heavy atom. The minimum atomic E-state index is 0. The lowest BCUT2D eigenvalue weighted by Crippen LogP contribution is -2.42. The van der Waals surface area contributed by atoms with Crippen LogP contribution < -0.4 is 10.6 Å². The van der Waals surface area contributed by atoms with E-state index in [0.29, 0.717) is 12.1 Å². The summed E-state index contributed by atoms with van der Waals surface area (Å²) in [7, 11) is 1.83. The van der Waals surface area contributed by atoms with Gasteiger partial charge >= 0.3 is 0 Å². The van der Waals surface area contributed by atoms with Crippen molar-refractivity contribution in [3.63, 3.8) is 0 Å². The van der Waals surface area contributed by atoms with Gasteiger partial charge in [-0.05, 0) is 50.8 Å². The highest BCUT2D eigenvalue weighted by Gasteiger charge is 2.23. The van der Waals surface area contributed by atoms with Crippen LogP contribution in [0.4, 0.5) is 0 Å². The number of hydrogen-bond donors (Lipinski definition) is 2. The molecule has 0 radical (unpaired) electrons. The van der Waals surface area contributed by atoms with Crippen molar-refractivity contribution in [2.45, 2.75) is 75.5 Å². The van der Waals surface area contributed by atoms with Crippen LogP contribution in [0.15, 0.2) is 40.5 Å². The van der Waals surface area contributed by atoms with Gasteiger partial charge in [0.1, 0.15) is 5.82 Å². The third-order valence-electron chi connectivity index (χ3n) is 5.79. The summed E-state index contributed by atoms with van der Waals surface area (Å²) in [5, 5.41) is 16.9. The van der Waals surface area contributed by atoms with Crippen molar-refractivity contribution in [1.82, 2.24) is 25.4 Å². The molecule has 1 aromatic carbocycles. The van der Waals surface area contributed by atoms with E-state index in [9.17, 15) is 0 Å². The minimum Gasteiger partial charge on any atom is -0.356 e. The molecule has 1 aliphatic carbocycles. The molecule has 1 atom stereocenters. The molecular formula is C23H37IN6S. The molecule has 6 nitrogen and oxygen atoms in total. The van der Waals surface area contributed by atoms with E-state index in [1.165, 1.54) is 31.2 Å². The zero-order valence-electron chi connectivity index (χ0n) is 19.0. The summed E-state index contributed by atoms with van der Waals surface area (Å²) in [6.07, 6.45) is 11.4. The summed E-state index contributed by atoms with van der Waals surface area (Å²) < 4.78 is 2.40. The highest BCUT2D eigenvalue weighted by molar-refractivity contribution is 14.0. The van der Waals surface area contributed by atoms with Crippen LogP contribution in [-0.4, -0.2) is 46.6 Å². The second kappa shape index (κ2) is 14.0. The molecule has 172 valence electrons. The number of thioether (sulfide) groups is 1. The lowest BCUT2D eigenvalue weighted by atomic mass is 10.1. The normalized spacial score (nSPS) is 15.5. The van der Waals surface area contributed by atoms with Crippen LogP contribution in [0.1, 0.15) is 62.9 Å². The maximum Gasteiger partial charge on any atom is 0.191 e. The average Bonchev–Trinajstić information content (AvgIpc) is 3.44. The fraction of sp³-hybridized carbons (Fsp3) is 0.609. The predicted molar refractivity (Wildman–Crippen MR) is 142 cm³/mol. The van der Waals surface area contributed by atoms with E-state index < -0.39 is 0 Å². The minimum absolute atomic E-state index is 0. The quantitative estimate of drug-likeness (QED) is 0.144. The van der Waals surface area contributed by atoms with E-state index in [0.717, 1.165) is 49.2 Å². The molecule has 1 saturated carbocycles. The van der Waals surface area contributed by atoms with Crippen LogP contribution in [0.5, 0.6) is 0 Å². The standard InChI is InChI=1S/C23H36N6S.HI/c1-18(15-16-19-10-5-4-6-11-19)26-22(24-2)25-17-9-14-21-27-28-23(30-3)29(21)20-12-7-8-13-20;/h4-6,10-11,18,20H,7-9,12-17H2,1-3H3,(H2,24,25,26);1H. The number of aliphatic imine (C=N–C) groups is 1. The maximum atomic E-state index is 4.49. The molecule has 1 aromatic heterocycles. The van der Waals surface area contributed by atoms with Crippen LogP contribution in [-0.2, 0) is 12.8 Å². The van der Waals surface area contributed by atoms with Crippen LogP contribution in [0.3, 0.4) is 0 Å². The van der Waals surface area contributed by atoms with Crippen LogP contribution in [0.25, 0.3) is 0 Å². The fourth-order valence-corrected chi connectivity index (χ4v) is 4.70. The molecule has 0 spiro atoms. The third kappa shape index (κ3) is 7.97. The number of aromatic nitrogens is 3. The van der Waals surface area contributed by atoms with Crippen molar-refractivity contribution in [2.75, 3.05) is 19.8 Å². The van der Waals surface area contributed by atoms with Crippen molar-refractivity contribution in [3.8, 4) is 0 Å². The van der Waals surface area contributed by atoms with Crippen molar-refractivity contribution in [3.05, 3.63) is 41.7 Å². The molecule has 1 aliphatic rings. The van der Waals surface area contributed by atoms with E-state index in [-0.39, 0.29) is 24.0 Å². The van der Waals surface area contributed by atoms with Gasteiger partial charge in [-0.3, -0.25) is 4.99 Å². The summed E-state index contributed by atoms with van der Waals surface area (Å²) >= 11 is 1.71. The fourth-order valence-electron chi connectivity index (χ4n) is 4.13. The van der Waals surface area contributed by atoms with E-state index in [2.05, 4.69) is 73.9 Å². The van der Waals surface area contributed by atoms with Crippen LogP contribution in [0, 0.1) is 0 Å². The number of nitrogens with zero attached hydrogens (tertiary/aromatic N) is 4. The van der Waals surface area contributed by atoms with E-state index in [1.807, 2.05) is 7.05 Å². The molecule has 1 unspecified atom stereocenters. The molecule has 0 aliphatic heterocycles. The second-order valence-electron chi connectivity index (χ2n) is 8.08. The number of aryl methyl sites for hydroxylation is 2. The molecule has 1 heterocycles. The van der Waals surface area contributed by atoms with E-state index >= 15 is 0 Å². The lowest BCUT2D eigenvalue weighted by molar-refractivity contribution is 0.460. The Bertz CT molecular complexity index is 789. The summed E-state index contributed by atoms with van der Waals surface area (Å²) in [6, 6.07) is 11.6. The Morgan fingerprint density at radius 2 is 1.94 bits per heavy atom. The van der Waals surface area contributed by atoms with Crippen molar-refractivity contribution in [1.29, 1.82) is 0 Å². The highest BCUT2D eigenvalue weighted by Crippen LogP contribution is 2.33. The Kier molecular flexibility index (Phi) is 11.7. The zero-order chi connectivity index (χ0) is 21.2. The number of nitrogens with one attached hydrogen (secondary N) is 2. The van der Waals surface area contributed by atoms with Crippen molar-refractivity contribution >= 4 is 41.7 Å². The van der Waals surface area contributed by atoms with Gasteiger partial charge in [0.05, 0.1) is 0 Å². The number of rotatable bonds is 10. The van der Waals surface area contributed by atoms with Gasteiger partial charge in [-0.25, -0.2) is 0 Å². The van der Waals surface area contributed by atoms with E-state index in [4.69, 9.17) is 0 Å². The van der Waals surface area contributed by atoms with Gasteiger partial charge in [0.15, 0.2) is 11.1 Å². The largest absolute Gasteiger partial charge is 0.356 e. The maximum absolute atomic E-state index is 4.49. The molecule has 0 bridgehead atoms. The Balaban J connectivity index is 0.00000341. The van der Waals surface area contributed by atoms with Gasteiger partial charge in [0, 0.05) is 32.1 Å². The first kappa shape index (κ1) is 26.0. The van der Waals surface area contributed by atoms with E-state index in [1.54, 1.807) is 11.8 Å². The highest BCUT2D eigenvalue weighted by atomic mass is 127. The van der Waals surface area contributed by atoms with Gasteiger partial charge < -0.3 is 15.2 Å². The molecular weight excluding hydrogens is 519 g/mol.